The largest absolute Gasteiger partial charge is 0.394 e. The quantitative estimate of drug-likeness (QED) is 0.538. The molecule has 3 N–H and O–H groups in total. The first-order valence-corrected chi connectivity index (χ1v) is 6.80. The van der Waals surface area contributed by atoms with E-state index in [1.807, 2.05) is 0 Å². The summed E-state index contributed by atoms with van der Waals surface area (Å²) in [5.74, 6) is 0. The van der Waals surface area contributed by atoms with E-state index in [4.69, 9.17) is 20.3 Å². The zero-order valence-corrected chi connectivity index (χ0v) is 12.4. The summed E-state index contributed by atoms with van der Waals surface area (Å²) in [6.07, 6.45) is 3.15. The topological polar surface area (TPSA) is 68.0 Å². The van der Waals surface area contributed by atoms with Crippen LogP contribution >= 0.6 is 0 Å². The van der Waals surface area contributed by atoms with Crippen LogP contribution in [0.25, 0.3) is 0 Å². The van der Waals surface area contributed by atoms with Crippen molar-refractivity contribution in [1.82, 2.24) is 4.90 Å². The van der Waals surface area contributed by atoms with E-state index < -0.39 is 0 Å². The molecule has 18 heavy (non-hydrogen) atoms. The van der Waals surface area contributed by atoms with E-state index in [2.05, 4.69) is 25.9 Å². The van der Waals surface area contributed by atoms with Gasteiger partial charge in [0.15, 0.2) is 0 Å². The second kappa shape index (κ2) is 19.1. The molecule has 0 aromatic rings. The Kier molecular flexibility index (Phi) is 21.4. The van der Waals surface area contributed by atoms with Gasteiger partial charge < -0.3 is 25.2 Å². The highest BCUT2D eigenvalue weighted by molar-refractivity contribution is 4.42. The fourth-order valence-electron chi connectivity index (χ4n) is 1.08. The van der Waals surface area contributed by atoms with Crippen LogP contribution < -0.4 is 5.73 Å². The molecule has 0 atom stereocenters. The molecule has 0 radical (unpaired) electrons. The van der Waals surface area contributed by atoms with Crippen LogP contribution in [0, 0.1) is 0 Å². The lowest BCUT2D eigenvalue weighted by Gasteiger charge is -2.08. The number of ether oxygens (including phenoxy) is 2. The summed E-state index contributed by atoms with van der Waals surface area (Å²) in [5, 5.41) is 8.21. The van der Waals surface area contributed by atoms with Crippen LogP contribution in [0.3, 0.4) is 0 Å². The Morgan fingerprint density at radius 1 is 1.00 bits per heavy atom. The molecular weight excluding hydrogens is 232 g/mol. The molecule has 0 amide bonds. The van der Waals surface area contributed by atoms with Crippen molar-refractivity contribution in [3.63, 3.8) is 0 Å². The maximum Gasteiger partial charge on any atom is 0.0697 e. The Bertz CT molecular complexity index is 129. The number of aliphatic hydroxyl groups excluding tert-OH is 1. The van der Waals surface area contributed by atoms with E-state index in [-0.39, 0.29) is 6.61 Å². The van der Waals surface area contributed by atoms with Gasteiger partial charge in [0.2, 0.25) is 0 Å². The van der Waals surface area contributed by atoms with E-state index in [1.54, 1.807) is 0 Å². The van der Waals surface area contributed by atoms with Gasteiger partial charge in [-0.1, -0.05) is 6.92 Å². The highest BCUT2D eigenvalue weighted by atomic mass is 16.5. The molecule has 0 aliphatic heterocycles. The Labute approximate surface area is 112 Å². The molecule has 0 saturated heterocycles. The molecule has 5 nitrogen and oxygen atoms in total. The van der Waals surface area contributed by atoms with Gasteiger partial charge >= 0.3 is 0 Å². The summed E-state index contributed by atoms with van der Waals surface area (Å²) in [7, 11) is 4.17. The van der Waals surface area contributed by atoms with Crippen LogP contribution in [-0.2, 0) is 9.47 Å². The van der Waals surface area contributed by atoms with Gasteiger partial charge in [-0.3, -0.25) is 0 Å². The molecule has 0 rings (SSSR count). The SMILES string of the molecule is CCCOCCCN(C)C.NCCCOCCO. The van der Waals surface area contributed by atoms with Crippen molar-refractivity contribution in [2.75, 3.05) is 60.2 Å². The third-order valence-electron chi connectivity index (χ3n) is 1.97. The van der Waals surface area contributed by atoms with E-state index in [0.29, 0.717) is 19.8 Å². The van der Waals surface area contributed by atoms with Gasteiger partial charge in [-0.15, -0.1) is 0 Å². The van der Waals surface area contributed by atoms with Gasteiger partial charge in [0.05, 0.1) is 13.2 Å². The Balaban J connectivity index is 0. The average molecular weight is 264 g/mol. The van der Waals surface area contributed by atoms with Gasteiger partial charge in [0.1, 0.15) is 0 Å². The zero-order chi connectivity index (χ0) is 14.1. The van der Waals surface area contributed by atoms with E-state index in [0.717, 1.165) is 39.0 Å². The fourth-order valence-corrected chi connectivity index (χ4v) is 1.08. The van der Waals surface area contributed by atoms with Crippen LogP contribution in [-0.4, -0.2) is 70.2 Å². The lowest BCUT2D eigenvalue weighted by atomic mass is 10.4. The number of hydrogen-bond acceptors (Lipinski definition) is 5. The molecule has 0 aliphatic rings. The third-order valence-corrected chi connectivity index (χ3v) is 1.97. The monoisotopic (exact) mass is 264 g/mol. The van der Waals surface area contributed by atoms with Gasteiger partial charge in [-0.05, 0) is 46.4 Å². The second-order valence-electron chi connectivity index (χ2n) is 4.25. The van der Waals surface area contributed by atoms with Gasteiger partial charge in [-0.25, -0.2) is 0 Å². The van der Waals surface area contributed by atoms with Crippen molar-refractivity contribution >= 4 is 0 Å². The molecular formula is C13H32N2O3. The Hall–Kier alpha value is -0.200. The van der Waals surface area contributed by atoms with Crippen molar-refractivity contribution in [3.8, 4) is 0 Å². The van der Waals surface area contributed by atoms with Crippen molar-refractivity contribution in [1.29, 1.82) is 0 Å². The summed E-state index contributed by atoms with van der Waals surface area (Å²) < 4.78 is 10.2. The Morgan fingerprint density at radius 3 is 2.11 bits per heavy atom. The van der Waals surface area contributed by atoms with Gasteiger partial charge in [0.25, 0.3) is 0 Å². The summed E-state index contributed by atoms with van der Waals surface area (Å²) in [5.41, 5.74) is 5.17. The fraction of sp³-hybridized carbons (Fsp3) is 1.00. The Morgan fingerprint density at radius 2 is 1.61 bits per heavy atom. The summed E-state index contributed by atoms with van der Waals surface area (Å²) in [6, 6.07) is 0. The molecule has 0 bridgehead atoms. The maximum absolute atomic E-state index is 8.21. The van der Waals surface area contributed by atoms with E-state index in [1.165, 1.54) is 0 Å². The summed E-state index contributed by atoms with van der Waals surface area (Å²) in [4.78, 5) is 2.18. The molecule has 0 spiro atoms. The molecule has 112 valence electrons. The van der Waals surface area contributed by atoms with Crippen molar-refractivity contribution in [2.45, 2.75) is 26.2 Å². The van der Waals surface area contributed by atoms with Crippen molar-refractivity contribution in [2.24, 2.45) is 5.73 Å². The highest BCUT2D eigenvalue weighted by Crippen LogP contribution is 1.86. The molecule has 0 aromatic heterocycles. The molecule has 0 unspecified atom stereocenters. The van der Waals surface area contributed by atoms with Crippen LogP contribution in [0.2, 0.25) is 0 Å². The normalized spacial score (nSPS) is 10.3. The van der Waals surface area contributed by atoms with Crippen molar-refractivity contribution in [3.05, 3.63) is 0 Å². The van der Waals surface area contributed by atoms with Crippen LogP contribution in [0.15, 0.2) is 0 Å². The number of nitrogens with two attached hydrogens (primary N) is 1. The maximum atomic E-state index is 8.21. The average Bonchev–Trinajstić information content (AvgIpc) is 2.35. The minimum absolute atomic E-state index is 0.102. The molecule has 0 aliphatic carbocycles. The van der Waals surface area contributed by atoms with Gasteiger partial charge in [0, 0.05) is 19.8 Å². The first kappa shape index (κ1) is 20.1. The minimum atomic E-state index is 0.102. The molecule has 0 aromatic carbocycles. The van der Waals surface area contributed by atoms with Crippen LogP contribution in [0.1, 0.15) is 26.2 Å². The third kappa shape index (κ3) is 24.9. The second-order valence-corrected chi connectivity index (χ2v) is 4.25. The smallest absolute Gasteiger partial charge is 0.0697 e. The van der Waals surface area contributed by atoms with E-state index >= 15 is 0 Å². The highest BCUT2D eigenvalue weighted by Gasteiger charge is 1.89. The number of aliphatic hydroxyl groups is 1. The lowest BCUT2D eigenvalue weighted by Crippen LogP contribution is -2.14. The van der Waals surface area contributed by atoms with Crippen LogP contribution in [0.5, 0.6) is 0 Å². The lowest BCUT2D eigenvalue weighted by molar-refractivity contribution is 0.0917. The molecule has 5 heteroatoms. The number of nitrogens with zero attached hydrogens (tertiary/aromatic N) is 1. The zero-order valence-electron chi connectivity index (χ0n) is 12.4. The first-order chi connectivity index (χ1) is 8.68. The number of rotatable bonds is 11. The van der Waals surface area contributed by atoms with Crippen LogP contribution in [0.4, 0.5) is 0 Å². The standard InChI is InChI=1S/C8H19NO.C5H13NO2/c1-4-7-10-8-5-6-9(2)3;6-2-1-4-8-5-3-7/h4-8H2,1-3H3;7H,1-6H2. The summed E-state index contributed by atoms with van der Waals surface area (Å²) >= 11 is 0. The summed E-state index contributed by atoms with van der Waals surface area (Å²) in [6.45, 7) is 6.93. The predicted molar refractivity (Wildman–Crippen MR) is 75.9 cm³/mol. The first-order valence-electron chi connectivity index (χ1n) is 6.80. The minimum Gasteiger partial charge on any atom is -0.394 e. The van der Waals surface area contributed by atoms with Crippen molar-refractivity contribution < 1.29 is 14.6 Å². The molecule has 0 fully saturated rings. The van der Waals surface area contributed by atoms with E-state index in [9.17, 15) is 0 Å². The van der Waals surface area contributed by atoms with Gasteiger partial charge in [-0.2, -0.15) is 0 Å². The predicted octanol–water partition coefficient (Wildman–Crippen LogP) is 0.709. The number of hydrogen-bond donors (Lipinski definition) is 2. The molecule has 0 saturated carbocycles. The molecule has 0 heterocycles.